The highest BCUT2D eigenvalue weighted by molar-refractivity contribution is 7.89. The minimum Gasteiger partial charge on any atom is -0.339 e. The first-order chi connectivity index (χ1) is 13.1. The van der Waals surface area contributed by atoms with Crippen molar-refractivity contribution in [3.8, 4) is 11.5 Å². The number of nitrogens with zero attached hydrogens (tertiary/aromatic N) is 6. The van der Waals surface area contributed by atoms with E-state index in [0.717, 1.165) is 12.8 Å². The number of hydrogen-bond acceptors (Lipinski definition) is 8. The average Bonchev–Trinajstić information content (AvgIpc) is 3.18. The van der Waals surface area contributed by atoms with Crippen molar-refractivity contribution >= 4 is 10.0 Å². The van der Waals surface area contributed by atoms with Gasteiger partial charge in [0, 0.05) is 44.3 Å². The van der Waals surface area contributed by atoms with Crippen LogP contribution in [0.1, 0.15) is 18.7 Å². The zero-order valence-electron chi connectivity index (χ0n) is 14.5. The molecule has 4 rings (SSSR count). The number of hydrogen-bond donors (Lipinski definition) is 0. The molecule has 3 aromatic heterocycles. The summed E-state index contributed by atoms with van der Waals surface area (Å²) in [5.74, 6) is 0.968. The summed E-state index contributed by atoms with van der Waals surface area (Å²) in [6.07, 6.45) is 9.85. The monoisotopic (exact) mass is 386 g/mol. The lowest BCUT2D eigenvalue weighted by atomic mass is 9.96. The highest BCUT2D eigenvalue weighted by Gasteiger charge is 2.31. The molecular formula is C17H18N6O3S. The standard InChI is InChI=1S/C17H18N6O3S/c24-27(25,14-4-1-5-18-10-14)23-8-2-3-13(12-23)9-16-21-17(22-26-16)15-11-19-6-7-20-15/h1,4-7,10-11,13H,2-3,8-9,12H2/t13-/m0/s1. The van der Waals surface area contributed by atoms with Crippen molar-refractivity contribution in [3.05, 3.63) is 49.0 Å². The van der Waals surface area contributed by atoms with Gasteiger partial charge in [0.2, 0.25) is 21.7 Å². The third kappa shape index (κ3) is 3.86. The van der Waals surface area contributed by atoms with Crippen LogP contribution in [0.4, 0.5) is 0 Å². The zero-order chi connectivity index (χ0) is 18.7. The van der Waals surface area contributed by atoms with Crippen LogP contribution in [0.3, 0.4) is 0 Å². The van der Waals surface area contributed by atoms with Gasteiger partial charge in [-0.05, 0) is 30.9 Å². The molecule has 0 spiro atoms. The third-order valence-electron chi connectivity index (χ3n) is 4.48. The molecule has 0 bridgehead atoms. The van der Waals surface area contributed by atoms with Gasteiger partial charge in [0.05, 0.1) is 6.20 Å². The van der Waals surface area contributed by atoms with Crippen LogP contribution in [-0.4, -0.2) is 50.9 Å². The van der Waals surface area contributed by atoms with Crippen LogP contribution >= 0.6 is 0 Å². The molecule has 10 heteroatoms. The first kappa shape index (κ1) is 17.7. The molecule has 0 amide bonds. The van der Waals surface area contributed by atoms with E-state index in [-0.39, 0.29) is 10.8 Å². The van der Waals surface area contributed by atoms with E-state index in [0.29, 0.717) is 36.9 Å². The lowest BCUT2D eigenvalue weighted by Gasteiger charge is -2.31. The van der Waals surface area contributed by atoms with Gasteiger partial charge in [0.25, 0.3) is 0 Å². The maximum atomic E-state index is 12.8. The number of pyridine rings is 1. The van der Waals surface area contributed by atoms with Gasteiger partial charge in [-0.3, -0.25) is 9.97 Å². The van der Waals surface area contributed by atoms with Crippen molar-refractivity contribution in [3.63, 3.8) is 0 Å². The normalized spacial score (nSPS) is 18.4. The van der Waals surface area contributed by atoms with Gasteiger partial charge >= 0.3 is 0 Å². The van der Waals surface area contributed by atoms with E-state index in [2.05, 4.69) is 25.1 Å². The molecule has 0 saturated carbocycles. The predicted molar refractivity (Wildman–Crippen MR) is 94.7 cm³/mol. The Bertz CT molecular complexity index is 994. The molecule has 0 unspecified atom stereocenters. The molecule has 1 aliphatic heterocycles. The van der Waals surface area contributed by atoms with Gasteiger partial charge < -0.3 is 4.52 Å². The Labute approximate surface area is 156 Å². The van der Waals surface area contributed by atoms with E-state index >= 15 is 0 Å². The van der Waals surface area contributed by atoms with Crippen molar-refractivity contribution in [2.75, 3.05) is 13.1 Å². The average molecular weight is 386 g/mol. The van der Waals surface area contributed by atoms with E-state index in [9.17, 15) is 8.42 Å². The fourth-order valence-corrected chi connectivity index (χ4v) is 4.68. The molecular weight excluding hydrogens is 368 g/mol. The van der Waals surface area contributed by atoms with Crippen LogP contribution in [0.5, 0.6) is 0 Å². The maximum Gasteiger partial charge on any atom is 0.244 e. The number of rotatable bonds is 5. The molecule has 3 aromatic rings. The zero-order valence-corrected chi connectivity index (χ0v) is 15.3. The van der Waals surface area contributed by atoms with Crippen molar-refractivity contribution in [2.45, 2.75) is 24.2 Å². The van der Waals surface area contributed by atoms with Crippen LogP contribution in [0.2, 0.25) is 0 Å². The van der Waals surface area contributed by atoms with Crippen molar-refractivity contribution in [1.82, 2.24) is 29.4 Å². The molecule has 140 valence electrons. The summed E-state index contributed by atoms with van der Waals surface area (Å²) in [4.78, 5) is 16.6. The molecule has 1 aliphatic rings. The van der Waals surface area contributed by atoms with Gasteiger partial charge in [-0.1, -0.05) is 5.16 Å². The van der Waals surface area contributed by atoms with Gasteiger partial charge in [0.1, 0.15) is 10.6 Å². The molecule has 1 fully saturated rings. The van der Waals surface area contributed by atoms with E-state index in [1.165, 1.54) is 10.5 Å². The van der Waals surface area contributed by atoms with Crippen molar-refractivity contribution in [1.29, 1.82) is 0 Å². The summed E-state index contributed by atoms with van der Waals surface area (Å²) in [5.41, 5.74) is 0.539. The van der Waals surface area contributed by atoms with Crippen LogP contribution in [0.15, 0.2) is 52.5 Å². The third-order valence-corrected chi connectivity index (χ3v) is 6.33. The quantitative estimate of drug-likeness (QED) is 0.649. The first-order valence-corrected chi connectivity index (χ1v) is 10.1. The lowest BCUT2D eigenvalue weighted by molar-refractivity contribution is 0.247. The molecule has 4 heterocycles. The second-order valence-electron chi connectivity index (χ2n) is 6.37. The summed E-state index contributed by atoms with van der Waals surface area (Å²) >= 11 is 0. The van der Waals surface area contributed by atoms with Crippen molar-refractivity contribution in [2.24, 2.45) is 5.92 Å². The summed E-state index contributed by atoms with van der Waals surface area (Å²) in [5, 5.41) is 3.94. The maximum absolute atomic E-state index is 12.8. The van der Waals surface area contributed by atoms with E-state index in [4.69, 9.17) is 4.52 Å². The number of sulfonamides is 1. The van der Waals surface area contributed by atoms with E-state index < -0.39 is 10.0 Å². The minimum atomic E-state index is -3.54. The van der Waals surface area contributed by atoms with Gasteiger partial charge in [-0.2, -0.15) is 9.29 Å². The Morgan fingerprint density at radius 1 is 1.19 bits per heavy atom. The molecule has 0 aliphatic carbocycles. The molecule has 0 N–H and O–H groups in total. The molecule has 27 heavy (non-hydrogen) atoms. The SMILES string of the molecule is O=S(=O)(c1cccnc1)N1CCC[C@@H](Cc2nc(-c3cnccn3)no2)C1. The summed E-state index contributed by atoms with van der Waals surface area (Å²) in [7, 11) is -3.54. The lowest BCUT2D eigenvalue weighted by Crippen LogP contribution is -2.40. The summed E-state index contributed by atoms with van der Waals surface area (Å²) < 4.78 is 32.4. The topological polar surface area (TPSA) is 115 Å². The fraction of sp³-hybridized carbons (Fsp3) is 0.353. The minimum absolute atomic E-state index is 0.111. The number of piperidine rings is 1. The number of aromatic nitrogens is 5. The second-order valence-corrected chi connectivity index (χ2v) is 8.30. The van der Waals surface area contributed by atoms with Crippen LogP contribution in [0.25, 0.3) is 11.5 Å². The summed E-state index contributed by atoms with van der Waals surface area (Å²) in [6, 6.07) is 3.19. The highest BCUT2D eigenvalue weighted by Crippen LogP contribution is 2.25. The molecule has 9 nitrogen and oxygen atoms in total. The first-order valence-electron chi connectivity index (χ1n) is 8.62. The van der Waals surface area contributed by atoms with Crippen LogP contribution in [0, 0.1) is 5.92 Å². The Kier molecular flexibility index (Phi) is 4.90. The summed E-state index contributed by atoms with van der Waals surface area (Å²) in [6.45, 7) is 0.919. The Balaban J connectivity index is 1.46. The smallest absolute Gasteiger partial charge is 0.244 e. The Morgan fingerprint density at radius 3 is 2.85 bits per heavy atom. The second kappa shape index (κ2) is 7.49. The van der Waals surface area contributed by atoms with Gasteiger partial charge in [-0.25, -0.2) is 13.4 Å². The van der Waals surface area contributed by atoms with Crippen molar-refractivity contribution < 1.29 is 12.9 Å². The Hall–Kier alpha value is -2.72. The largest absolute Gasteiger partial charge is 0.339 e. The van der Waals surface area contributed by atoms with E-state index in [1.807, 2.05) is 0 Å². The van der Waals surface area contributed by atoms with Crippen LogP contribution < -0.4 is 0 Å². The van der Waals surface area contributed by atoms with E-state index in [1.54, 1.807) is 36.9 Å². The molecule has 1 atom stereocenters. The Morgan fingerprint density at radius 2 is 2.07 bits per heavy atom. The highest BCUT2D eigenvalue weighted by atomic mass is 32.2. The van der Waals surface area contributed by atoms with Gasteiger partial charge in [-0.15, -0.1) is 0 Å². The molecule has 0 aromatic carbocycles. The molecule has 1 saturated heterocycles. The fourth-order valence-electron chi connectivity index (χ4n) is 3.16. The van der Waals surface area contributed by atoms with Gasteiger partial charge in [0.15, 0.2) is 0 Å². The van der Waals surface area contributed by atoms with Crippen LogP contribution in [-0.2, 0) is 16.4 Å². The molecule has 0 radical (unpaired) electrons. The predicted octanol–water partition coefficient (Wildman–Crippen LogP) is 1.56.